The number of carbonyl (C=O) groups is 1. The van der Waals surface area contributed by atoms with Crippen LogP contribution in [0.5, 0.6) is 0 Å². The van der Waals surface area contributed by atoms with E-state index in [1.54, 1.807) is 6.07 Å². The molecule has 17 heavy (non-hydrogen) atoms. The minimum absolute atomic E-state index is 0.0904. The molecule has 3 heteroatoms. The Hall–Kier alpha value is -2.03. The molecular formula is C14H15NO2. The summed E-state index contributed by atoms with van der Waals surface area (Å²) in [6.45, 7) is 2.71. The molecule has 1 amide bonds. The van der Waals surface area contributed by atoms with Gasteiger partial charge in [0.2, 0.25) is 0 Å². The maximum Gasteiger partial charge on any atom is 0.254 e. The summed E-state index contributed by atoms with van der Waals surface area (Å²) in [7, 11) is 0. The summed E-state index contributed by atoms with van der Waals surface area (Å²) in [5.74, 6) is -0.0904. The molecule has 0 saturated carbocycles. The summed E-state index contributed by atoms with van der Waals surface area (Å²) in [4.78, 5) is 11.6. The molecule has 0 saturated heterocycles. The molecule has 1 heterocycles. The van der Waals surface area contributed by atoms with Gasteiger partial charge < -0.3 is 9.73 Å². The molecule has 0 spiro atoms. The number of amides is 1. The second-order valence-corrected chi connectivity index (χ2v) is 3.94. The van der Waals surface area contributed by atoms with E-state index in [0.29, 0.717) is 12.1 Å². The molecule has 0 bridgehead atoms. The fourth-order valence-corrected chi connectivity index (χ4v) is 1.70. The summed E-state index contributed by atoms with van der Waals surface area (Å²) >= 11 is 0. The van der Waals surface area contributed by atoms with E-state index in [2.05, 4.69) is 24.4 Å². The number of hydrogen-bond acceptors (Lipinski definition) is 2. The summed E-state index contributed by atoms with van der Waals surface area (Å²) in [5.41, 5.74) is 3.08. The molecule has 1 aromatic heterocycles. The van der Waals surface area contributed by atoms with Crippen molar-refractivity contribution in [3.05, 3.63) is 59.5 Å². The summed E-state index contributed by atoms with van der Waals surface area (Å²) in [6, 6.07) is 9.85. The predicted octanol–water partition coefficient (Wildman–Crippen LogP) is 2.56. The second kappa shape index (κ2) is 5.34. The van der Waals surface area contributed by atoms with Gasteiger partial charge in [0.15, 0.2) is 0 Å². The lowest BCUT2D eigenvalue weighted by Gasteiger charge is -2.06. The van der Waals surface area contributed by atoms with Crippen molar-refractivity contribution in [1.29, 1.82) is 0 Å². The largest absolute Gasteiger partial charge is 0.472 e. The fourth-order valence-electron chi connectivity index (χ4n) is 1.70. The van der Waals surface area contributed by atoms with E-state index in [0.717, 1.165) is 6.42 Å². The highest BCUT2D eigenvalue weighted by atomic mass is 16.3. The topological polar surface area (TPSA) is 42.2 Å². The maximum absolute atomic E-state index is 11.6. The average molecular weight is 229 g/mol. The monoisotopic (exact) mass is 229 g/mol. The molecule has 0 aliphatic heterocycles. The van der Waals surface area contributed by atoms with Crippen molar-refractivity contribution in [3.8, 4) is 0 Å². The highest BCUT2D eigenvalue weighted by Crippen LogP contribution is 2.07. The van der Waals surface area contributed by atoms with Gasteiger partial charge in [0.1, 0.15) is 6.26 Å². The van der Waals surface area contributed by atoms with Gasteiger partial charge in [-0.25, -0.2) is 0 Å². The Bertz CT molecular complexity index is 489. The minimum Gasteiger partial charge on any atom is -0.472 e. The van der Waals surface area contributed by atoms with Crippen molar-refractivity contribution >= 4 is 5.91 Å². The van der Waals surface area contributed by atoms with Crippen molar-refractivity contribution in [2.75, 3.05) is 6.54 Å². The molecule has 0 radical (unpaired) electrons. The summed E-state index contributed by atoms with van der Waals surface area (Å²) < 4.78 is 4.86. The number of benzene rings is 1. The molecule has 1 N–H and O–H groups in total. The molecule has 0 unspecified atom stereocenters. The lowest BCUT2D eigenvalue weighted by Crippen LogP contribution is -2.25. The summed E-state index contributed by atoms with van der Waals surface area (Å²) in [5, 5.41) is 2.86. The number of carbonyl (C=O) groups excluding carboxylic acids is 1. The highest BCUT2D eigenvalue weighted by Gasteiger charge is 2.05. The molecule has 0 atom stereocenters. The molecule has 2 aromatic rings. The number of rotatable bonds is 4. The molecule has 0 aliphatic carbocycles. The first-order chi connectivity index (χ1) is 8.27. The number of furan rings is 1. The molecule has 88 valence electrons. The van der Waals surface area contributed by atoms with Gasteiger partial charge in [-0.1, -0.05) is 24.3 Å². The Morgan fingerprint density at radius 2 is 2.12 bits per heavy atom. The fraction of sp³-hybridized carbons (Fsp3) is 0.214. The quantitative estimate of drug-likeness (QED) is 0.875. The normalized spacial score (nSPS) is 10.2. The first-order valence-corrected chi connectivity index (χ1v) is 5.62. The van der Waals surface area contributed by atoms with E-state index in [1.165, 1.54) is 23.7 Å². The van der Waals surface area contributed by atoms with Crippen LogP contribution in [0.3, 0.4) is 0 Å². The van der Waals surface area contributed by atoms with Crippen LogP contribution < -0.4 is 5.32 Å². The molecule has 1 aromatic carbocycles. The van der Waals surface area contributed by atoms with Crippen molar-refractivity contribution in [1.82, 2.24) is 5.32 Å². The van der Waals surface area contributed by atoms with Gasteiger partial charge in [0.25, 0.3) is 5.91 Å². The van der Waals surface area contributed by atoms with Gasteiger partial charge in [0, 0.05) is 6.54 Å². The van der Waals surface area contributed by atoms with Crippen LogP contribution in [-0.2, 0) is 6.42 Å². The standard InChI is InChI=1S/C14H15NO2/c1-11-4-2-3-5-12(11)6-8-15-14(16)13-7-9-17-10-13/h2-5,7,9-10H,6,8H2,1H3,(H,15,16). The Kier molecular flexibility index (Phi) is 3.60. The zero-order chi connectivity index (χ0) is 12.1. The predicted molar refractivity (Wildman–Crippen MR) is 65.9 cm³/mol. The number of aryl methyl sites for hydroxylation is 1. The smallest absolute Gasteiger partial charge is 0.254 e. The van der Waals surface area contributed by atoms with Crippen LogP contribution in [0, 0.1) is 6.92 Å². The van der Waals surface area contributed by atoms with Crippen molar-refractivity contribution in [3.63, 3.8) is 0 Å². The average Bonchev–Trinajstić information content (AvgIpc) is 2.85. The van der Waals surface area contributed by atoms with Crippen molar-refractivity contribution in [2.24, 2.45) is 0 Å². The van der Waals surface area contributed by atoms with Gasteiger partial charge in [-0.05, 0) is 30.5 Å². The van der Waals surface area contributed by atoms with Crippen molar-refractivity contribution < 1.29 is 9.21 Å². The van der Waals surface area contributed by atoms with Gasteiger partial charge in [-0.2, -0.15) is 0 Å². The third kappa shape index (κ3) is 2.97. The van der Waals surface area contributed by atoms with Crippen LogP contribution >= 0.6 is 0 Å². The van der Waals surface area contributed by atoms with Crippen LogP contribution in [0.15, 0.2) is 47.3 Å². The van der Waals surface area contributed by atoms with Crippen molar-refractivity contribution in [2.45, 2.75) is 13.3 Å². The third-order valence-corrected chi connectivity index (χ3v) is 2.72. The molecule has 0 aliphatic rings. The van der Waals surface area contributed by atoms with E-state index >= 15 is 0 Å². The first-order valence-electron chi connectivity index (χ1n) is 5.62. The molecule has 3 nitrogen and oxygen atoms in total. The van der Waals surface area contributed by atoms with E-state index in [9.17, 15) is 4.79 Å². The van der Waals surface area contributed by atoms with E-state index in [1.807, 2.05) is 12.1 Å². The van der Waals surface area contributed by atoms with Crippen LogP contribution in [0.4, 0.5) is 0 Å². The minimum atomic E-state index is -0.0904. The van der Waals surface area contributed by atoms with Gasteiger partial charge in [0.05, 0.1) is 11.8 Å². The second-order valence-electron chi connectivity index (χ2n) is 3.94. The third-order valence-electron chi connectivity index (χ3n) is 2.72. The van der Waals surface area contributed by atoms with Crippen LogP contribution in [0.2, 0.25) is 0 Å². The Morgan fingerprint density at radius 1 is 1.29 bits per heavy atom. The van der Waals surface area contributed by atoms with Crippen LogP contribution in [0.1, 0.15) is 21.5 Å². The van der Waals surface area contributed by atoms with Gasteiger partial charge in [-0.3, -0.25) is 4.79 Å². The highest BCUT2D eigenvalue weighted by molar-refractivity contribution is 5.93. The Labute approximate surface area is 100 Å². The maximum atomic E-state index is 11.6. The Morgan fingerprint density at radius 3 is 2.82 bits per heavy atom. The van der Waals surface area contributed by atoms with E-state index < -0.39 is 0 Å². The molecule has 2 rings (SSSR count). The lowest BCUT2D eigenvalue weighted by molar-refractivity contribution is 0.0953. The zero-order valence-corrected chi connectivity index (χ0v) is 9.77. The van der Waals surface area contributed by atoms with E-state index in [4.69, 9.17) is 4.42 Å². The van der Waals surface area contributed by atoms with Crippen LogP contribution in [0.25, 0.3) is 0 Å². The van der Waals surface area contributed by atoms with Crippen LogP contribution in [-0.4, -0.2) is 12.5 Å². The van der Waals surface area contributed by atoms with Gasteiger partial charge in [-0.15, -0.1) is 0 Å². The Balaban J connectivity index is 1.84. The molecule has 0 fully saturated rings. The first kappa shape index (κ1) is 11.5. The summed E-state index contributed by atoms with van der Waals surface area (Å²) in [6.07, 6.45) is 3.79. The lowest BCUT2D eigenvalue weighted by atomic mass is 10.1. The van der Waals surface area contributed by atoms with E-state index in [-0.39, 0.29) is 5.91 Å². The number of nitrogens with one attached hydrogen (secondary N) is 1. The number of hydrogen-bond donors (Lipinski definition) is 1. The van der Waals surface area contributed by atoms with Gasteiger partial charge >= 0.3 is 0 Å². The zero-order valence-electron chi connectivity index (χ0n) is 9.77. The SMILES string of the molecule is Cc1ccccc1CCNC(=O)c1ccoc1. The molecular weight excluding hydrogens is 214 g/mol.